The summed E-state index contributed by atoms with van der Waals surface area (Å²) in [6, 6.07) is -0.633. The molecule has 0 aromatic rings. The summed E-state index contributed by atoms with van der Waals surface area (Å²) in [6.45, 7) is 4.81. The molecule has 1 amide bonds. The van der Waals surface area contributed by atoms with Crippen LogP contribution in [0.3, 0.4) is 0 Å². The number of hydrogen-bond acceptors (Lipinski definition) is 5. The van der Waals surface area contributed by atoms with Gasteiger partial charge in [0.05, 0.1) is 25.4 Å². The smallest absolute Gasteiger partial charge is 0.305 e. The lowest BCUT2D eigenvalue weighted by Gasteiger charge is -2.20. The molecule has 2 atom stereocenters. The van der Waals surface area contributed by atoms with Crippen molar-refractivity contribution < 1.29 is 24.5 Å². The molecule has 3 N–H and O–H groups in total. The molecule has 0 aromatic heterocycles. The number of unbranched alkanes of at least 4 members (excludes halogenated alkanes) is 46. The third-order valence-corrected chi connectivity index (χ3v) is 15.2. The van der Waals surface area contributed by atoms with Crippen molar-refractivity contribution in [2.75, 3.05) is 13.2 Å². The topological polar surface area (TPSA) is 95.9 Å². The lowest BCUT2D eigenvalue weighted by Crippen LogP contribution is -2.45. The van der Waals surface area contributed by atoms with Crippen molar-refractivity contribution in [2.45, 2.75) is 366 Å². The standard InChI is InChI=1S/C67H127NO5/c1-3-5-7-9-11-13-15-16-17-18-19-20-21-22-24-27-30-33-36-40-43-47-51-55-59-65(70)64(63-69)68-66(71)60-56-52-48-44-41-37-34-31-28-25-23-26-29-32-35-38-42-46-50-54-58-62-73-67(72)61-57-53-49-45-39-14-12-10-8-6-4-2/h38,42,50,54-55,59,64-65,69-70H,3-37,39-41,43-49,51-53,56-58,60-63H2,1-2H3,(H,68,71)/b42-38-,54-50-,59-55+. The molecule has 6 heteroatoms. The summed E-state index contributed by atoms with van der Waals surface area (Å²) in [5.74, 6) is -0.105. The van der Waals surface area contributed by atoms with Gasteiger partial charge >= 0.3 is 5.97 Å². The molecule has 6 nitrogen and oxygen atoms in total. The quantitative estimate of drug-likeness (QED) is 0.0320. The minimum Gasteiger partial charge on any atom is -0.465 e. The van der Waals surface area contributed by atoms with E-state index in [-0.39, 0.29) is 18.5 Å². The molecule has 0 aliphatic carbocycles. The predicted molar refractivity (Wildman–Crippen MR) is 319 cm³/mol. The molecule has 0 bridgehead atoms. The van der Waals surface area contributed by atoms with Gasteiger partial charge in [-0.15, -0.1) is 0 Å². The van der Waals surface area contributed by atoms with Gasteiger partial charge in [0, 0.05) is 12.8 Å². The zero-order valence-electron chi connectivity index (χ0n) is 49.1. The highest BCUT2D eigenvalue weighted by Crippen LogP contribution is 2.18. The van der Waals surface area contributed by atoms with Crippen molar-refractivity contribution >= 4 is 11.9 Å². The summed E-state index contributed by atoms with van der Waals surface area (Å²) in [4.78, 5) is 24.5. The Bertz CT molecular complexity index is 1180. The number of rotatable bonds is 61. The van der Waals surface area contributed by atoms with E-state index in [0.717, 1.165) is 51.4 Å². The van der Waals surface area contributed by atoms with Crippen molar-refractivity contribution in [2.24, 2.45) is 0 Å². The highest BCUT2D eigenvalue weighted by Gasteiger charge is 2.18. The Morgan fingerprint density at radius 1 is 0.384 bits per heavy atom. The van der Waals surface area contributed by atoms with Gasteiger partial charge in [-0.25, -0.2) is 0 Å². The Morgan fingerprint density at radius 2 is 0.685 bits per heavy atom. The minimum atomic E-state index is -0.849. The molecule has 0 fully saturated rings. The van der Waals surface area contributed by atoms with E-state index < -0.39 is 12.1 Å². The van der Waals surface area contributed by atoms with E-state index >= 15 is 0 Å². The van der Waals surface area contributed by atoms with Crippen molar-refractivity contribution in [3.8, 4) is 0 Å². The van der Waals surface area contributed by atoms with Crippen LogP contribution >= 0.6 is 0 Å². The number of allylic oxidation sites excluding steroid dienone is 4. The summed E-state index contributed by atoms with van der Waals surface area (Å²) in [5, 5.41) is 23.2. The Kier molecular flexibility index (Phi) is 61.0. The van der Waals surface area contributed by atoms with Crippen molar-refractivity contribution in [3.05, 3.63) is 36.5 Å². The van der Waals surface area contributed by atoms with Gasteiger partial charge in [0.25, 0.3) is 0 Å². The van der Waals surface area contributed by atoms with Gasteiger partial charge in [0.1, 0.15) is 0 Å². The molecule has 0 aromatic carbocycles. The number of amides is 1. The van der Waals surface area contributed by atoms with Crippen molar-refractivity contribution in [3.63, 3.8) is 0 Å². The third kappa shape index (κ3) is 59.2. The Labute approximate surface area is 455 Å². The molecule has 0 radical (unpaired) electrons. The summed E-state index contributed by atoms with van der Waals surface area (Å²) in [6.07, 6.45) is 79.3. The average Bonchev–Trinajstić information content (AvgIpc) is 3.39. The molecule has 0 aliphatic rings. The molecule has 73 heavy (non-hydrogen) atoms. The van der Waals surface area contributed by atoms with E-state index in [1.807, 2.05) is 6.08 Å². The van der Waals surface area contributed by atoms with Crippen LogP contribution in [0.2, 0.25) is 0 Å². The van der Waals surface area contributed by atoms with E-state index in [1.165, 1.54) is 276 Å². The van der Waals surface area contributed by atoms with Gasteiger partial charge in [0.15, 0.2) is 0 Å². The Balaban J connectivity index is 3.48. The second-order valence-electron chi connectivity index (χ2n) is 22.5. The Morgan fingerprint density at radius 3 is 1.04 bits per heavy atom. The zero-order chi connectivity index (χ0) is 52.9. The Hall–Kier alpha value is -1.92. The van der Waals surface area contributed by atoms with Gasteiger partial charge in [-0.3, -0.25) is 9.59 Å². The van der Waals surface area contributed by atoms with Crippen LogP contribution in [0.15, 0.2) is 36.5 Å². The summed E-state index contributed by atoms with van der Waals surface area (Å²) in [5.41, 5.74) is 0. The zero-order valence-corrected chi connectivity index (χ0v) is 49.1. The normalized spacial score (nSPS) is 12.8. The second kappa shape index (κ2) is 62.6. The molecule has 2 unspecified atom stereocenters. The number of aliphatic hydroxyl groups is 2. The first-order valence-electron chi connectivity index (χ1n) is 32.8. The molecular formula is C67H127NO5. The highest BCUT2D eigenvalue weighted by atomic mass is 16.5. The van der Waals surface area contributed by atoms with Crippen LogP contribution in [0.25, 0.3) is 0 Å². The lowest BCUT2D eigenvalue weighted by molar-refractivity contribution is -0.143. The molecule has 0 saturated heterocycles. The van der Waals surface area contributed by atoms with Crippen molar-refractivity contribution in [1.82, 2.24) is 5.32 Å². The van der Waals surface area contributed by atoms with Gasteiger partial charge in [-0.2, -0.15) is 0 Å². The number of aliphatic hydroxyl groups excluding tert-OH is 2. The molecule has 0 saturated carbocycles. The minimum absolute atomic E-state index is 0.0358. The molecule has 0 aliphatic heterocycles. The first-order chi connectivity index (χ1) is 36.0. The number of hydrogen-bond donors (Lipinski definition) is 3. The average molecular weight is 1030 g/mol. The third-order valence-electron chi connectivity index (χ3n) is 15.2. The molecule has 430 valence electrons. The maximum atomic E-state index is 12.5. The predicted octanol–water partition coefficient (Wildman–Crippen LogP) is 20.8. The van der Waals surface area contributed by atoms with Crippen LogP contribution in [0.4, 0.5) is 0 Å². The van der Waals surface area contributed by atoms with Crippen LogP contribution in [0.1, 0.15) is 354 Å². The van der Waals surface area contributed by atoms with Gasteiger partial charge in [-0.1, -0.05) is 326 Å². The first-order valence-corrected chi connectivity index (χ1v) is 32.8. The van der Waals surface area contributed by atoms with E-state index in [4.69, 9.17) is 4.74 Å². The molecule has 0 spiro atoms. The van der Waals surface area contributed by atoms with E-state index in [9.17, 15) is 19.8 Å². The fraction of sp³-hybridized carbons (Fsp3) is 0.881. The highest BCUT2D eigenvalue weighted by molar-refractivity contribution is 5.76. The maximum absolute atomic E-state index is 12.5. The van der Waals surface area contributed by atoms with E-state index in [2.05, 4.69) is 43.5 Å². The number of esters is 1. The van der Waals surface area contributed by atoms with Crippen LogP contribution in [-0.4, -0.2) is 47.4 Å². The van der Waals surface area contributed by atoms with Crippen LogP contribution in [0, 0.1) is 0 Å². The van der Waals surface area contributed by atoms with E-state index in [1.54, 1.807) is 6.08 Å². The summed E-state index contributed by atoms with van der Waals surface area (Å²) >= 11 is 0. The fourth-order valence-electron chi connectivity index (χ4n) is 10.2. The first kappa shape index (κ1) is 71.1. The molecule has 0 heterocycles. The lowest BCUT2D eigenvalue weighted by atomic mass is 10.0. The van der Waals surface area contributed by atoms with Crippen LogP contribution < -0.4 is 5.32 Å². The summed E-state index contributed by atoms with van der Waals surface area (Å²) < 4.78 is 5.40. The maximum Gasteiger partial charge on any atom is 0.305 e. The number of ether oxygens (including phenoxy) is 1. The van der Waals surface area contributed by atoms with Gasteiger partial charge in [0.2, 0.25) is 5.91 Å². The number of carbonyl (C=O) groups is 2. The molecule has 0 rings (SSSR count). The number of carbonyl (C=O) groups excluding carboxylic acids is 2. The van der Waals surface area contributed by atoms with Gasteiger partial charge in [-0.05, 0) is 51.4 Å². The monoisotopic (exact) mass is 1030 g/mol. The van der Waals surface area contributed by atoms with Crippen LogP contribution in [-0.2, 0) is 14.3 Å². The van der Waals surface area contributed by atoms with Gasteiger partial charge < -0.3 is 20.3 Å². The second-order valence-corrected chi connectivity index (χ2v) is 22.5. The fourth-order valence-corrected chi connectivity index (χ4v) is 10.2. The number of nitrogens with one attached hydrogen (secondary N) is 1. The summed E-state index contributed by atoms with van der Waals surface area (Å²) in [7, 11) is 0. The van der Waals surface area contributed by atoms with E-state index in [0.29, 0.717) is 19.4 Å². The molecular weight excluding hydrogens is 899 g/mol. The largest absolute Gasteiger partial charge is 0.465 e. The SMILES string of the molecule is CCCCCCCCCCCCCCCCCCCCCCCC/C=C/C(O)C(CO)NC(=O)CCCCCCCCCCCCCCCC/C=C\C/C=C\CCOC(=O)CCCCCCCCCCCCC. The van der Waals surface area contributed by atoms with Crippen LogP contribution in [0.5, 0.6) is 0 Å². The van der Waals surface area contributed by atoms with Crippen molar-refractivity contribution in [1.29, 1.82) is 0 Å².